The maximum absolute atomic E-state index is 12.0. The maximum Gasteiger partial charge on any atom is 0.250 e. The van der Waals surface area contributed by atoms with E-state index in [2.05, 4.69) is 32.4 Å². The normalized spacial score (nSPS) is 23.8. The first-order valence-electron chi connectivity index (χ1n) is 12.1. The molecular formula is C26H30N6O2. The van der Waals surface area contributed by atoms with E-state index in [4.69, 9.17) is 0 Å². The lowest BCUT2D eigenvalue weighted by Gasteiger charge is -2.43. The SMILES string of the molecule is CN1CCN(C2C[C@H]3CC[C@@H](C2)N3)c2nnc(-c3ccc(-c4ccn(C)c(=O)c4)cc3O)cc21. The second-order valence-corrected chi connectivity index (χ2v) is 9.91. The first kappa shape index (κ1) is 21.2. The fraction of sp³-hybridized carbons (Fsp3) is 0.423. The van der Waals surface area contributed by atoms with Crippen LogP contribution in [0.5, 0.6) is 5.75 Å². The summed E-state index contributed by atoms with van der Waals surface area (Å²) in [6.45, 7) is 1.89. The number of aromatic nitrogens is 3. The lowest BCUT2D eigenvalue weighted by Crippen LogP contribution is -2.52. The molecule has 0 amide bonds. The van der Waals surface area contributed by atoms with E-state index in [9.17, 15) is 9.90 Å². The summed E-state index contributed by atoms with van der Waals surface area (Å²) in [5, 5.41) is 23.8. The number of phenolic OH excluding ortho intramolecular Hbond substituents is 1. The highest BCUT2D eigenvalue weighted by molar-refractivity contribution is 5.79. The molecule has 6 rings (SSSR count). The van der Waals surface area contributed by atoms with Gasteiger partial charge in [-0.3, -0.25) is 4.79 Å². The molecule has 2 fully saturated rings. The lowest BCUT2D eigenvalue weighted by molar-refractivity contribution is 0.344. The summed E-state index contributed by atoms with van der Waals surface area (Å²) >= 11 is 0. The minimum Gasteiger partial charge on any atom is -0.507 e. The van der Waals surface area contributed by atoms with Crippen LogP contribution in [0.2, 0.25) is 0 Å². The van der Waals surface area contributed by atoms with Crippen molar-refractivity contribution >= 4 is 11.5 Å². The van der Waals surface area contributed by atoms with E-state index in [-0.39, 0.29) is 11.3 Å². The molecule has 2 aromatic heterocycles. The van der Waals surface area contributed by atoms with Crippen LogP contribution in [0.15, 0.2) is 47.4 Å². The summed E-state index contributed by atoms with van der Waals surface area (Å²) in [6, 6.07) is 12.7. The van der Waals surface area contributed by atoms with Crippen LogP contribution >= 0.6 is 0 Å². The van der Waals surface area contributed by atoms with E-state index in [0.29, 0.717) is 29.4 Å². The van der Waals surface area contributed by atoms with Gasteiger partial charge in [-0.25, -0.2) is 0 Å². The molecular weight excluding hydrogens is 428 g/mol. The highest BCUT2D eigenvalue weighted by Gasteiger charge is 2.38. The van der Waals surface area contributed by atoms with E-state index in [1.165, 1.54) is 17.4 Å². The maximum atomic E-state index is 12.0. The molecule has 2 N–H and O–H groups in total. The zero-order chi connectivity index (χ0) is 23.4. The van der Waals surface area contributed by atoms with Crippen molar-refractivity contribution in [3.05, 3.63) is 52.9 Å². The number of pyridine rings is 1. The summed E-state index contributed by atoms with van der Waals surface area (Å²) in [4.78, 5) is 16.7. The Bertz CT molecular complexity index is 1290. The Labute approximate surface area is 198 Å². The van der Waals surface area contributed by atoms with Crippen LogP contribution in [0.25, 0.3) is 22.4 Å². The number of hydrogen-bond donors (Lipinski definition) is 2. The molecule has 0 aliphatic carbocycles. The second kappa shape index (κ2) is 8.13. The van der Waals surface area contributed by atoms with Gasteiger partial charge in [0, 0.05) is 63.1 Å². The molecule has 3 atom stereocenters. The molecule has 5 heterocycles. The molecule has 3 aliphatic rings. The largest absolute Gasteiger partial charge is 0.507 e. The standard InChI is InChI=1S/C26H30N6O2/c1-30-9-10-32(20-13-18-4-5-19(14-20)27-18)26-23(30)15-22(28-29-26)21-6-3-16(11-24(21)33)17-7-8-31(2)25(34)12-17/h3,6-8,11-12,15,18-20,27,33H,4-5,9-10,13-14H2,1-2H3/t18-,19+,20?. The van der Waals surface area contributed by atoms with Gasteiger partial charge in [0.1, 0.15) is 5.75 Å². The number of piperidine rings is 1. The third-order valence-electron chi connectivity index (χ3n) is 7.71. The Hall–Kier alpha value is -3.39. The Kier molecular flexibility index (Phi) is 5.06. The number of nitrogens with one attached hydrogen (secondary N) is 1. The van der Waals surface area contributed by atoms with Gasteiger partial charge in [0.05, 0.1) is 11.4 Å². The number of aromatic hydroxyl groups is 1. The van der Waals surface area contributed by atoms with Crippen molar-refractivity contribution in [2.45, 2.75) is 43.8 Å². The van der Waals surface area contributed by atoms with Crippen molar-refractivity contribution in [1.82, 2.24) is 20.1 Å². The minimum atomic E-state index is -0.0871. The molecule has 0 spiro atoms. The molecule has 0 saturated carbocycles. The Morgan fingerprint density at radius 2 is 1.74 bits per heavy atom. The van der Waals surface area contributed by atoms with Gasteiger partial charge in [0.2, 0.25) is 0 Å². The number of likely N-dealkylation sites (N-methyl/N-ethyl adjacent to an activating group) is 1. The highest BCUT2D eigenvalue weighted by atomic mass is 16.3. The van der Waals surface area contributed by atoms with Crippen molar-refractivity contribution < 1.29 is 5.11 Å². The monoisotopic (exact) mass is 458 g/mol. The molecule has 3 aromatic rings. The second-order valence-electron chi connectivity index (χ2n) is 9.91. The fourth-order valence-electron chi connectivity index (χ4n) is 5.77. The van der Waals surface area contributed by atoms with Crippen LogP contribution in [0.3, 0.4) is 0 Å². The van der Waals surface area contributed by atoms with Crippen LogP contribution in [0.1, 0.15) is 25.7 Å². The van der Waals surface area contributed by atoms with Crippen molar-refractivity contribution in [2.75, 3.05) is 29.9 Å². The van der Waals surface area contributed by atoms with E-state index in [1.807, 2.05) is 24.3 Å². The number of anilines is 2. The topological polar surface area (TPSA) is 86.5 Å². The summed E-state index contributed by atoms with van der Waals surface area (Å²) < 4.78 is 1.52. The Morgan fingerprint density at radius 3 is 2.47 bits per heavy atom. The van der Waals surface area contributed by atoms with Gasteiger partial charge >= 0.3 is 0 Å². The summed E-state index contributed by atoms with van der Waals surface area (Å²) in [5.74, 6) is 1.07. The third-order valence-corrected chi connectivity index (χ3v) is 7.71. The number of aryl methyl sites for hydroxylation is 1. The molecule has 34 heavy (non-hydrogen) atoms. The van der Waals surface area contributed by atoms with E-state index in [1.54, 1.807) is 25.4 Å². The average molecular weight is 459 g/mol. The van der Waals surface area contributed by atoms with Gasteiger partial charge in [0.15, 0.2) is 5.82 Å². The van der Waals surface area contributed by atoms with Gasteiger partial charge in [-0.15, -0.1) is 10.2 Å². The quantitative estimate of drug-likeness (QED) is 0.624. The van der Waals surface area contributed by atoms with Crippen molar-refractivity contribution in [3.8, 4) is 28.1 Å². The van der Waals surface area contributed by atoms with Gasteiger partial charge in [-0.05, 0) is 61.1 Å². The van der Waals surface area contributed by atoms with Gasteiger partial charge in [-0.2, -0.15) is 0 Å². The number of fused-ring (bicyclic) bond motifs is 3. The smallest absolute Gasteiger partial charge is 0.250 e. The van der Waals surface area contributed by atoms with Crippen LogP contribution < -0.4 is 20.7 Å². The van der Waals surface area contributed by atoms with Crippen LogP contribution in [0.4, 0.5) is 11.5 Å². The third kappa shape index (κ3) is 3.62. The van der Waals surface area contributed by atoms with Crippen molar-refractivity contribution in [3.63, 3.8) is 0 Å². The summed E-state index contributed by atoms with van der Waals surface area (Å²) in [6.07, 6.45) is 6.60. The number of benzene rings is 1. The predicted octanol–water partition coefficient (Wildman–Crippen LogP) is 2.75. The minimum absolute atomic E-state index is 0.0871. The predicted molar refractivity (Wildman–Crippen MR) is 133 cm³/mol. The number of phenols is 1. The molecule has 8 nitrogen and oxygen atoms in total. The van der Waals surface area contributed by atoms with Crippen molar-refractivity contribution in [2.24, 2.45) is 7.05 Å². The molecule has 0 radical (unpaired) electrons. The molecule has 2 saturated heterocycles. The van der Waals surface area contributed by atoms with Crippen molar-refractivity contribution in [1.29, 1.82) is 0 Å². The molecule has 1 unspecified atom stereocenters. The zero-order valence-corrected chi connectivity index (χ0v) is 19.6. The summed E-state index contributed by atoms with van der Waals surface area (Å²) in [7, 11) is 3.81. The number of hydrogen-bond acceptors (Lipinski definition) is 7. The molecule has 1 aromatic carbocycles. The molecule has 8 heteroatoms. The molecule has 176 valence electrons. The highest BCUT2D eigenvalue weighted by Crippen LogP contribution is 2.40. The van der Waals surface area contributed by atoms with E-state index in [0.717, 1.165) is 48.6 Å². The van der Waals surface area contributed by atoms with Gasteiger partial charge < -0.3 is 24.8 Å². The Morgan fingerprint density at radius 1 is 0.971 bits per heavy atom. The van der Waals surface area contributed by atoms with Gasteiger partial charge in [0.25, 0.3) is 5.56 Å². The molecule has 3 aliphatic heterocycles. The zero-order valence-electron chi connectivity index (χ0n) is 19.6. The first-order valence-corrected chi connectivity index (χ1v) is 12.1. The Balaban J connectivity index is 1.32. The first-order chi connectivity index (χ1) is 16.5. The summed E-state index contributed by atoms with van der Waals surface area (Å²) in [5.41, 5.74) is 3.80. The van der Waals surface area contributed by atoms with E-state index < -0.39 is 0 Å². The van der Waals surface area contributed by atoms with Crippen LogP contribution in [-0.4, -0.2) is 58.1 Å². The average Bonchev–Trinajstić information content (AvgIpc) is 3.18. The molecule has 2 bridgehead atoms. The number of rotatable bonds is 3. The van der Waals surface area contributed by atoms with Crippen LogP contribution in [0, 0.1) is 0 Å². The van der Waals surface area contributed by atoms with E-state index >= 15 is 0 Å². The fourth-order valence-corrected chi connectivity index (χ4v) is 5.77. The lowest BCUT2D eigenvalue weighted by atomic mass is 9.97. The van der Waals surface area contributed by atoms with Crippen LogP contribution in [-0.2, 0) is 7.05 Å². The van der Waals surface area contributed by atoms with Gasteiger partial charge in [-0.1, -0.05) is 6.07 Å². The number of nitrogens with zero attached hydrogens (tertiary/aromatic N) is 5.